The van der Waals surface area contributed by atoms with Gasteiger partial charge in [0, 0.05) is 6.54 Å². The van der Waals surface area contributed by atoms with E-state index in [2.05, 4.69) is 15.3 Å². The second-order valence-electron chi connectivity index (χ2n) is 3.88. The van der Waals surface area contributed by atoms with Crippen LogP contribution in [0.1, 0.15) is 25.5 Å². The molecular formula is C11H16FN3O. The van der Waals surface area contributed by atoms with Crippen molar-refractivity contribution in [2.75, 3.05) is 13.1 Å². The van der Waals surface area contributed by atoms with Crippen LogP contribution in [0, 0.1) is 5.82 Å². The van der Waals surface area contributed by atoms with Crippen LogP contribution in [-0.4, -0.2) is 29.2 Å². The summed E-state index contributed by atoms with van der Waals surface area (Å²) in [6, 6.07) is 0. The topological polar surface area (TPSA) is 47.0 Å². The van der Waals surface area contributed by atoms with Crippen LogP contribution in [-0.2, 0) is 6.42 Å². The normalized spacial score (nSPS) is 20.8. The summed E-state index contributed by atoms with van der Waals surface area (Å²) in [5.74, 6) is -0.337. The monoisotopic (exact) mass is 225 g/mol. The summed E-state index contributed by atoms with van der Waals surface area (Å²) in [4.78, 5) is 7.71. The Bertz CT molecular complexity index is 353. The summed E-state index contributed by atoms with van der Waals surface area (Å²) >= 11 is 0. The predicted octanol–water partition coefficient (Wildman–Crippen LogP) is 1.31. The Labute approximate surface area is 94.2 Å². The Morgan fingerprint density at radius 2 is 2.44 bits per heavy atom. The van der Waals surface area contributed by atoms with Gasteiger partial charge in [0.05, 0.1) is 5.69 Å². The highest BCUT2D eigenvalue weighted by Gasteiger charge is 2.18. The van der Waals surface area contributed by atoms with Crippen molar-refractivity contribution in [2.45, 2.75) is 32.3 Å². The molecule has 1 saturated heterocycles. The van der Waals surface area contributed by atoms with Gasteiger partial charge >= 0.3 is 0 Å². The van der Waals surface area contributed by atoms with Crippen LogP contribution in [0.2, 0.25) is 0 Å². The minimum atomic E-state index is -0.421. The number of ether oxygens (including phenoxy) is 1. The van der Waals surface area contributed by atoms with Crippen molar-refractivity contribution in [1.29, 1.82) is 0 Å². The number of nitrogens with one attached hydrogen (secondary N) is 1. The molecule has 0 bridgehead atoms. The van der Waals surface area contributed by atoms with Crippen molar-refractivity contribution in [3.05, 3.63) is 17.8 Å². The van der Waals surface area contributed by atoms with Crippen molar-refractivity contribution in [2.24, 2.45) is 0 Å². The minimum Gasteiger partial charge on any atom is -0.471 e. The highest BCUT2D eigenvalue weighted by molar-refractivity contribution is 5.17. The van der Waals surface area contributed by atoms with Crippen LogP contribution in [0.15, 0.2) is 6.33 Å². The smallest absolute Gasteiger partial charge is 0.254 e. The molecule has 1 unspecified atom stereocenters. The van der Waals surface area contributed by atoms with Crippen molar-refractivity contribution in [3.63, 3.8) is 0 Å². The molecule has 1 aliphatic rings. The Kier molecular flexibility index (Phi) is 3.66. The molecule has 2 heterocycles. The molecule has 1 fully saturated rings. The highest BCUT2D eigenvalue weighted by Crippen LogP contribution is 2.18. The van der Waals surface area contributed by atoms with Gasteiger partial charge in [-0.2, -0.15) is 9.37 Å². The minimum absolute atomic E-state index is 0.0165. The first-order valence-electron chi connectivity index (χ1n) is 5.68. The van der Waals surface area contributed by atoms with Crippen LogP contribution in [0.5, 0.6) is 5.88 Å². The molecule has 0 spiro atoms. The molecule has 1 atom stereocenters. The fourth-order valence-corrected chi connectivity index (χ4v) is 1.79. The zero-order valence-corrected chi connectivity index (χ0v) is 9.37. The molecule has 0 radical (unpaired) electrons. The maximum absolute atomic E-state index is 13.8. The first-order chi connectivity index (χ1) is 7.81. The van der Waals surface area contributed by atoms with Gasteiger partial charge in [0.25, 0.3) is 5.88 Å². The molecule has 16 heavy (non-hydrogen) atoms. The van der Waals surface area contributed by atoms with Gasteiger partial charge in [-0.1, -0.05) is 6.92 Å². The Hall–Kier alpha value is -1.23. The van der Waals surface area contributed by atoms with E-state index in [9.17, 15) is 4.39 Å². The van der Waals surface area contributed by atoms with Crippen molar-refractivity contribution in [3.8, 4) is 5.88 Å². The third-order valence-corrected chi connectivity index (χ3v) is 2.69. The Balaban J connectivity index is 2.08. The zero-order valence-electron chi connectivity index (χ0n) is 9.37. The standard InChI is InChI=1S/C11H16FN3O/c1-2-9-10(12)11(15-7-14-9)16-8-4-3-5-13-6-8/h7-8,13H,2-6H2,1H3. The van der Waals surface area contributed by atoms with Crippen LogP contribution in [0.4, 0.5) is 4.39 Å². The van der Waals surface area contributed by atoms with Gasteiger partial charge in [-0.05, 0) is 25.8 Å². The van der Waals surface area contributed by atoms with Crippen molar-refractivity contribution >= 4 is 0 Å². The number of piperidine rings is 1. The first-order valence-corrected chi connectivity index (χ1v) is 5.68. The van der Waals surface area contributed by atoms with Gasteiger partial charge in [0.2, 0.25) is 5.82 Å². The summed E-state index contributed by atoms with van der Waals surface area (Å²) in [7, 11) is 0. The van der Waals surface area contributed by atoms with Crippen LogP contribution in [0.25, 0.3) is 0 Å². The second-order valence-corrected chi connectivity index (χ2v) is 3.88. The molecule has 0 aliphatic carbocycles. The van der Waals surface area contributed by atoms with E-state index in [1.807, 2.05) is 6.92 Å². The fraction of sp³-hybridized carbons (Fsp3) is 0.636. The third kappa shape index (κ3) is 2.47. The van der Waals surface area contributed by atoms with Gasteiger partial charge in [-0.15, -0.1) is 0 Å². The molecule has 1 N–H and O–H groups in total. The number of aromatic nitrogens is 2. The lowest BCUT2D eigenvalue weighted by molar-refractivity contribution is 0.152. The lowest BCUT2D eigenvalue weighted by atomic mass is 10.1. The Morgan fingerprint density at radius 1 is 1.56 bits per heavy atom. The second kappa shape index (κ2) is 5.21. The van der Waals surface area contributed by atoms with Crippen molar-refractivity contribution < 1.29 is 9.13 Å². The summed E-state index contributed by atoms with van der Waals surface area (Å²) in [6.45, 7) is 3.62. The summed E-state index contributed by atoms with van der Waals surface area (Å²) in [6.07, 6.45) is 3.92. The molecule has 5 heteroatoms. The maximum Gasteiger partial charge on any atom is 0.254 e. The van der Waals surface area contributed by atoms with Gasteiger partial charge in [0.15, 0.2) is 0 Å². The fourth-order valence-electron chi connectivity index (χ4n) is 1.79. The van der Waals surface area contributed by atoms with Crippen LogP contribution in [0.3, 0.4) is 0 Å². The lowest BCUT2D eigenvalue weighted by Gasteiger charge is -2.23. The Morgan fingerprint density at radius 3 is 3.12 bits per heavy atom. The van der Waals surface area contributed by atoms with Gasteiger partial charge in [0.1, 0.15) is 12.4 Å². The molecule has 88 valence electrons. The van der Waals surface area contributed by atoms with E-state index >= 15 is 0 Å². The number of aryl methyl sites for hydroxylation is 1. The SMILES string of the molecule is CCc1ncnc(OC2CCCNC2)c1F. The predicted molar refractivity (Wildman–Crippen MR) is 57.9 cm³/mol. The van der Waals surface area contributed by atoms with E-state index in [0.29, 0.717) is 12.1 Å². The van der Waals surface area contributed by atoms with Crippen molar-refractivity contribution in [1.82, 2.24) is 15.3 Å². The average Bonchev–Trinajstić information content (AvgIpc) is 2.33. The molecule has 0 saturated carbocycles. The van der Waals surface area contributed by atoms with E-state index in [0.717, 1.165) is 25.9 Å². The number of rotatable bonds is 3. The van der Waals surface area contributed by atoms with Crippen LogP contribution >= 0.6 is 0 Å². The molecule has 1 aliphatic heterocycles. The first kappa shape index (κ1) is 11.3. The number of hydrogen-bond donors (Lipinski definition) is 1. The summed E-state index contributed by atoms with van der Waals surface area (Å²) in [5.41, 5.74) is 0.411. The van der Waals surface area contributed by atoms with Crippen LogP contribution < -0.4 is 10.1 Å². The summed E-state index contributed by atoms with van der Waals surface area (Å²) < 4.78 is 19.3. The maximum atomic E-state index is 13.8. The molecule has 4 nitrogen and oxygen atoms in total. The van der Waals surface area contributed by atoms with Gasteiger partial charge in [-0.3, -0.25) is 0 Å². The quantitative estimate of drug-likeness (QED) is 0.842. The number of nitrogens with zero attached hydrogens (tertiary/aromatic N) is 2. The average molecular weight is 225 g/mol. The molecule has 2 rings (SSSR count). The number of halogens is 1. The van der Waals surface area contributed by atoms with Gasteiger partial charge < -0.3 is 10.1 Å². The van der Waals surface area contributed by atoms with E-state index in [1.54, 1.807) is 0 Å². The number of hydrogen-bond acceptors (Lipinski definition) is 4. The van der Waals surface area contributed by atoms with E-state index < -0.39 is 5.82 Å². The summed E-state index contributed by atoms with van der Waals surface area (Å²) in [5, 5.41) is 3.21. The van der Waals surface area contributed by atoms with E-state index in [-0.39, 0.29) is 12.0 Å². The highest BCUT2D eigenvalue weighted by atomic mass is 19.1. The molecule has 1 aromatic rings. The van der Waals surface area contributed by atoms with Gasteiger partial charge in [-0.25, -0.2) is 4.98 Å². The zero-order chi connectivity index (χ0) is 11.4. The van der Waals surface area contributed by atoms with E-state index in [1.165, 1.54) is 6.33 Å². The molecule has 0 aromatic carbocycles. The molecular weight excluding hydrogens is 209 g/mol. The van der Waals surface area contributed by atoms with E-state index in [4.69, 9.17) is 4.74 Å². The molecule has 0 amide bonds. The molecule has 1 aromatic heterocycles. The third-order valence-electron chi connectivity index (χ3n) is 2.69. The largest absolute Gasteiger partial charge is 0.471 e. The lowest BCUT2D eigenvalue weighted by Crippen LogP contribution is -2.37.